The number of aliphatic hydroxyl groups is 1. The van der Waals surface area contributed by atoms with Crippen molar-refractivity contribution in [3.05, 3.63) is 0 Å². The van der Waals surface area contributed by atoms with Crippen LogP contribution >= 0.6 is 0 Å². The van der Waals surface area contributed by atoms with Crippen molar-refractivity contribution in [3.63, 3.8) is 0 Å². The van der Waals surface area contributed by atoms with Gasteiger partial charge in [-0.25, -0.2) is 4.21 Å². The van der Waals surface area contributed by atoms with Crippen molar-refractivity contribution < 1.29 is 18.7 Å². The van der Waals surface area contributed by atoms with E-state index < -0.39 is 22.5 Å². The fourth-order valence-electron chi connectivity index (χ4n) is 0.247. The number of hydrogen-bond acceptors (Lipinski definition) is 4. The molecule has 0 fully saturated rings. The second kappa shape index (κ2) is 4.34. The number of hydrogen-bond donors (Lipinski definition) is 4. The first-order valence-electron chi connectivity index (χ1n) is 2.35. The molecule has 0 aromatic carbocycles. The molecule has 0 radical (unpaired) electrons. The Morgan fingerprint density at radius 2 is 2.30 bits per heavy atom. The number of amides is 1. The van der Waals surface area contributed by atoms with Gasteiger partial charge in [0.2, 0.25) is 22.5 Å². The van der Waals surface area contributed by atoms with Gasteiger partial charge in [0.05, 0.1) is 6.54 Å². The van der Waals surface area contributed by atoms with Crippen molar-refractivity contribution in [3.8, 4) is 0 Å². The first-order valence-corrected chi connectivity index (χ1v) is 3.52. The van der Waals surface area contributed by atoms with E-state index >= 15 is 0 Å². The fourth-order valence-corrected chi connectivity index (χ4v) is 0.479. The lowest BCUT2D eigenvalue weighted by Gasteiger charge is -2.06. The first kappa shape index (κ1) is 9.50. The van der Waals surface area contributed by atoms with Crippen LogP contribution in [0.5, 0.6) is 0 Å². The molecule has 2 unspecified atom stereocenters. The first-order chi connectivity index (χ1) is 4.57. The third-order valence-corrected chi connectivity index (χ3v) is 1.16. The van der Waals surface area contributed by atoms with Crippen LogP contribution in [0.15, 0.2) is 0 Å². The van der Waals surface area contributed by atoms with Crippen molar-refractivity contribution in [2.45, 2.75) is 5.56 Å². The molecule has 0 aliphatic rings. The molecule has 0 saturated carbocycles. The van der Waals surface area contributed by atoms with Crippen LogP contribution in [0, 0.1) is 0 Å². The molecule has 2 atom stereocenters. The minimum Gasteiger partial charge on any atom is -0.361 e. The third kappa shape index (κ3) is 3.51. The van der Waals surface area contributed by atoms with Gasteiger partial charge in [-0.3, -0.25) is 4.79 Å². The van der Waals surface area contributed by atoms with Gasteiger partial charge in [0, 0.05) is 0 Å². The van der Waals surface area contributed by atoms with Crippen molar-refractivity contribution in [2.24, 2.45) is 5.73 Å². The van der Waals surface area contributed by atoms with E-state index in [1.54, 1.807) is 5.32 Å². The van der Waals surface area contributed by atoms with Gasteiger partial charge in [0.1, 0.15) is 0 Å². The molecule has 60 valence electrons. The highest BCUT2D eigenvalue weighted by molar-refractivity contribution is 7.79. The summed E-state index contributed by atoms with van der Waals surface area (Å²) in [6, 6.07) is 0. The lowest BCUT2D eigenvalue weighted by Crippen LogP contribution is -2.40. The number of carbonyl (C=O) groups is 1. The molecule has 10 heavy (non-hydrogen) atoms. The number of rotatable bonds is 3. The lowest BCUT2D eigenvalue weighted by molar-refractivity contribution is -0.121. The molecule has 0 heterocycles. The molecule has 0 aromatic rings. The highest BCUT2D eigenvalue weighted by atomic mass is 32.2. The SMILES string of the molecule is NCC(=O)NC(O)S(=O)O. The molecule has 0 aliphatic carbocycles. The van der Waals surface area contributed by atoms with E-state index in [1.165, 1.54) is 0 Å². The summed E-state index contributed by atoms with van der Waals surface area (Å²) in [5.74, 6) is -0.685. The maximum absolute atomic E-state index is 10.3. The molecule has 0 bridgehead atoms. The number of aliphatic hydroxyl groups excluding tert-OH is 1. The van der Waals surface area contributed by atoms with Crippen LogP contribution in [0.1, 0.15) is 0 Å². The van der Waals surface area contributed by atoms with Crippen LogP contribution in [-0.4, -0.2) is 31.9 Å². The summed E-state index contributed by atoms with van der Waals surface area (Å²) in [4.78, 5) is 10.3. The normalized spacial score (nSPS) is 15.9. The average Bonchev–Trinajstić information content (AvgIpc) is 1.87. The Kier molecular flexibility index (Phi) is 4.12. The fraction of sp³-hybridized carbons (Fsp3) is 0.667. The topological polar surface area (TPSA) is 113 Å². The van der Waals surface area contributed by atoms with E-state index in [4.69, 9.17) is 15.4 Å². The third-order valence-electron chi connectivity index (χ3n) is 0.661. The second-order valence-electron chi connectivity index (χ2n) is 1.40. The molecule has 0 spiro atoms. The predicted octanol–water partition coefficient (Wildman–Crippen LogP) is -2.44. The van der Waals surface area contributed by atoms with Gasteiger partial charge in [0.25, 0.3) is 0 Å². The van der Waals surface area contributed by atoms with E-state index in [2.05, 4.69) is 0 Å². The van der Waals surface area contributed by atoms with Crippen molar-refractivity contribution >= 4 is 17.0 Å². The maximum atomic E-state index is 10.3. The van der Waals surface area contributed by atoms with Gasteiger partial charge in [-0.05, 0) is 0 Å². The van der Waals surface area contributed by atoms with Gasteiger partial charge in [-0.15, -0.1) is 0 Å². The molecular formula is C3H8N2O4S. The summed E-state index contributed by atoms with van der Waals surface area (Å²) in [5, 5.41) is 10.3. The van der Waals surface area contributed by atoms with Gasteiger partial charge < -0.3 is 20.7 Å². The quantitative estimate of drug-likeness (QED) is 0.276. The predicted molar refractivity (Wildman–Crippen MR) is 34.0 cm³/mol. The minimum atomic E-state index is -2.46. The van der Waals surface area contributed by atoms with E-state index in [9.17, 15) is 9.00 Å². The highest BCUT2D eigenvalue weighted by Crippen LogP contribution is 1.80. The Bertz CT molecular complexity index is 149. The van der Waals surface area contributed by atoms with Crippen molar-refractivity contribution in [1.82, 2.24) is 5.32 Å². The molecule has 7 heteroatoms. The summed E-state index contributed by atoms with van der Waals surface area (Å²) < 4.78 is 18.1. The number of nitrogens with two attached hydrogens (primary N) is 1. The van der Waals surface area contributed by atoms with Crippen LogP contribution < -0.4 is 11.1 Å². The van der Waals surface area contributed by atoms with Gasteiger partial charge in [0.15, 0.2) is 0 Å². The Labute approximate surface area is 59.7 Å². The number of carbonyl (C=O) groups excluding carboxylic acids is 1. The summed E-state index contributed by atoms with van der Waals surface area (Å²) in [6.45, 7) is -0.325. The van der Waals surface area contributed by atoms with Crippen LogP contribution in [0.2, 0.25) is 0 Å². The zero-order valence-corrected chi connectivity index (χ0v) is 5.80. The summed E-state index contributed by atoms with van der Waals surface area (Å²) in [6.07, 6.45) is 0. The Hall–Kier alpha value is -0.500. The Balaban J connectivity index is 3.68. The standard InChI is InChI=1S/C3H8N2O4S/c4-1-2(6)5-3(7)10(8)9/h3,7H,1,4H2,(H,5,6)(H,8,9). The van der Waals surface area contributed by atoms with Crippen LogP contribution in [-0.2, 0) is 15.9 Å². The zero-order chi connectivity index (χ0) is 8.15. The van der Waals surface area contributed by atoms with E-state index in [-0.39, 0.29) is 6.54 Å². The monoisotopic (exact) mass is 168 g/mol. The summed E-state index contributed by atoms with van der Waals surface area (Å²) >= 11 is -2.46. The molecule has 0 aromatic heterocycles. The molecule has 1 amide bonds. The molecule has 0 saturated heterocycles. The van der Waals surface area contributed by atoms with Crippen LogP contribution in [0.4, 0.5) is 0 Å². The van der Waals surface area contributed by atoms with Gasteiger partial charge >= 0.3 is 0 Å². The number of nitrogens with one attached hydrogen (secondary N) is 1. The minimum absolute atomic E-state index is 0.325. The zero-order valence-electron chi connectivity index (χ0n) is 4.98. The molecule has 0 aliphatic heterocycles. The van der Waals surface area contributed by atoms with E-state index in [0.29, 0.717) is 0 Å². The molecule has 5 N–H and O–H groups in total. The van der Waals surface area contributed by atoms with Crippen LogP contribution in [0.3, 0.4) is 0 Å². The maximum Gasteiger partial charge on any atom is 0.236 e. The molecule has 6 nitrogen and oxygen atoms in total. The van der Waals surface area contributed by atoms with Crippen molar-refractivity contribution in [2.75, 3.05) is 6.54 Å². The highest BCUT2D eigenvalue weighted by Gasteiger charge is 2.11. The lowest BCUT2D eigenvalue weighted by atomic mass is 10.6. The van der Waals surface area contributed by atoms with Gasteiger partial charge in [-0.2, -0.15) is 0 Å². The van der Waals surface area contributed by atoms with Crippen LogP contribution in [0.25, 0.3) is 0 Å². The average molecular weight is 168 g/mol. The largest absolute Gasteiger partial charge is 0.361 e. The summed E-state index contributed by atoms with van der Waals surface area (Å²) in [7, 11) is 0. The smallest absolute Gasteiger partial charge is 0.236 e. The Morgan fingerprint density at radius 1 is 1.80 bits per heavy atom. The summed E-state index contributed by atoms with van der Waals surface area (Å²) in [5.41, 5.74) is 3.06. The van der Waals surface area contributed by atoms with Gasteiger partial charge in [-0.1, -0.05) is 0 Å². The molecular weight excluding hydrogens is 160 g/mol. The molecule has 0 rings (SSSR count). The van der Waals surface area contributed by atoms with E-state index in [1.807, 2.05) is 0 Å². The Morgan fingerprint density at radius 3 is 2.60 bits per heavy atom. The van der Waals surface area contributed by atoms with Crippen molar-refractivity contribution in [1.29, 1.82) is 0 Å². The second-order valence-corrected chi connectivity index (χ2v) is 2.40. The van der Waals surface area contributed by atoms with E-state index in [0.717, 1.165) is 0 Å².